The smallest absolute Gasteiger partial charge is 0.251 e. The van der Waals surface area contributed by atoms with Gasteiger partial charge in [-0.05, 0) is 73.2 Å². The molecular weight excluding hydrogens is 488 g/mol. The number of amides is 1. The van der Waals surface area contributed by atoms with Gasteiger partial charge in [-0.15, -0.1) is 0 Å². The molecule has 5 rings (SSSR count). The fourth-order valence-corrected chi connectivity index (χ4v) is 5.69. The molecule has 1 atom stereocenters. The molecule has 1 amide bonds. The molecule has 204 valence electrons. The van der Waals surface area contributed by atoms with Gasteiger partial charge >= 0.3 is 0 Å². The van der Waals surface area contributed by atoms with Crippen LogP contribution >= 0.6 is 0 Å². The highest BCUT2D eigenvalue weighted by atomic mass is 16.5. The molecule has 7 nitrogen and oxygen atoms in total. The Kier molecular flexibility index (Phi) is 8.15. The van der Waals surface area contributed by atoms with Crippen molar-refractivity contribution in [2.24, 2.45) is 5.92 Å². The molecule has 7 heteroatoms. The van der Waals surface area contributed by atoms with Gasteiger partial charge in [-0.3, -0.25) is 9.78 Å². The van der Waals surface area contributed by atoms with E-state index in [1.807, 2.05) is 60.8 Å². The third-order valence-electron chi connectivity index (χ3n) is 7.61. The van der Waals surface area contributed by atoms with Crippen LogP contribution in [0.2, 0.25) is 0 Å². The average Bonchev–Trinajstić information content (AvgIpc) is 3.36. The minimum atomic E-state index is -0.170. The van der Waals surface area contributed by atoms with Crippen molar-refractivity contribution >= 4 is 16.9 Å². The highest BCUT2D eigenvalue weighted by Gasteiger charge is 2.24. The average molecular weight is 527 g/mol. The molecule has 0 aliphatic heterocycles. The quantitative estimate of drug-likeness (QED) is 0.251. The number of benzene rings is 2. The number of aromatic nitrogens is 3. The lowest BCUT2D eigenvalue weighted by atomic mass is 9.95. The Bertz CT molecular complexity index is 1420. The number of carbonyl (C=O) groups excluding carboxylic acids is 1. The van der Waals surface area contributed by atoms with Crippen LogP contribution in [0.1, 0.15) is 80.4 Å². The summed E-state index contributed by atoms with van der Waals surface area (Å²) >= 11 is 0. The van der Waals surface area contributed by atoms with Gasteiger partial charge in [-0.25, -0.2) is 4.98 Å². The predicted molar refractivity (Wildman–Crippen MR) is 154 cm³/mol. The highest BCUT2D eigenvalue weighted by Crippen LogP contribution is 2.36. The summed E-state index contributed by atoms with van der Waals surface area (Å²) in [7, 11) is 3.24. The maximum Gasteiger partial charge on any atom is 0.251 e. The first-order valence-corrected chi connectivity index (χ1v) is 13.9. The van der Waals surface area contributed by atoms with E-state index in [9.17, 15) is 4.79 Å². The van der Waals surface area contributed by atoms with Crippen molar-refractivity contribution < 1.29 is 14.3 Å². The van der Waals surface area contributed by atoms with E-state index < -0.39 is 0 Å². The Morgan fingerprint density at radius 2 is 1.79 bits per heavy atom. The van der Waals surface area contributed by atoms with Crippen LogP contribution in [0.15, 0.2) is 60.8 Å². The van der Waals surface area contributed by atoms with Crippen molar-refractivity contribution in [1.29, 1.82) is 0 Å². The zero-order valence-corrected chi connectivity index (χ0v) is 23.3. The third kappa shape index (κ3) is 5.77. The fraction of sp³-hybridized carbons (Fsp3) is 0.406. The molecule has 1 saturated carbocycles. The van der Waals surface area contributed by atoms with Crippen LogP contribution < -0.4 is 14.8 Å². The molecule has 39 heavy (non-hydrogen) atoms. The van der Waals surface area contributed by atoms with Crippen molar-refractivity contribution in [2.75, 3.05) is 14.2 Å². The topological polar surface area (TPSA) is 78.3 Å². The monoisotopic (exact) mass is 526 g/mol. The standard InChI is InChI=1S/C32H38N4O3/c1-21(2)18-26(22-14-16-29(38-3)30(20-22)39-4)35-32(37)23-13-15-28-27(19-23)34-31(25-12-8-9-17-33-25)36(28)24-10-6-5-7-11-24/h8-9,12-17,19-21,24,26H,5-7,10-11,18H2,1-4H3,(H,35,37). The molecule has 0 saturated heterocycles. The minimum absolute atomic E-state index is 0.121. The minimum Gasteiger partial charge on any atom is -0.493 e. The number of pyridine rings is 1. The van der Waals surface area contributed by atoms with Crippen LogP contribution in [-0.2, 0) is 0 Å². The first-order chi connectivity index (χ1) is 19.0. The molecule has 2 heterocycles. The van der Waals surface area contributed by atoms with E-state index in [-0.39, 0.29) is 11.9 Å². The summed E-state index contributed by atoms with van der Waals surface area (Å²) in [4.78, 5) is 23.2. The molecule has 1 N–H and O–H groups in total. The van der Waals surface area contributed by atoms with Gasteiger partial charge in [0.1, 0.15) is 5.69 Å². The molecule has 1 unspecified atom stereocenters. The molecule has 4 aromatic rings. The lowest BCUT2D eigenvalue weighted by molar-refractivity contribution is 0.0932. The Morgan fingerprint density at radius 3 is 2.49 bits per heavy atom. The van der Waals surface area contributed by atoms with Gasteiger partial charge in [-0.1, -0.05) is 45.2 Å². The number of rotatable bonds is 9. The maximum atomic E-state index is 13.6. The Labute approximate surface area is 230 Å². The van der Waals surface area contributed by atoms with Gasteiger partial charge in [0.2, 0.25) is 0 Å². The second-order valence-electron chi connectivity index (χ2n) is 10.8. The summed E-state index contributed by atoms with van der Waals surface area (Å²) < 4.78 is 13.3. The molecule has 1 fully saturated rings. The predicted octanol–water partition coefficient (Wildman–Crippen LogP) is 7.14. The summed E-state index contributed by atoms with van der Waals surface area (Å²) in [6.07, 6.45) is 8.60. The number of imidazole rings is 1. The third-order valence-corrected chi connectivity index (χ3v) is 7.61. The molecule has 0 radical (unpaired) electrons. The van der Waals surface area contributed by atoms with E-state index >= 15 is 0 Å². The molecular formula is C32H38N4O3. The Balaban J connectivity index is 1.48. The zero-order valence-electron chi connectivity index (χ0n) is 23.3. The number of hydrogen-bond donors (Lipinski definition) is 1. The molecule has 1 aliphatic rings. The number of ether oxygens (including phenoxy) is 2. The summed E-state index contributed by atoms with van der Waals surface area (Å²) in [5.74, 6) is 2.45. The van der Waals surface area contributed by atoms with E-state index in [0.717, 1.165) is 47.4 Å². The van der Waals surface area contributed by atoms with Crippen molar-refractivity contribution in [3.8, 4) is 23.0 Å². The van der Waals surface area contributed by atoms with Crippen LogP contribution in [-0.4, -0.2) is 34.7 Å². The molecule has 2 aromatic carbocycles. The van der Waals surface area contributed by atoms with Gasteiger partial charge in [0.05, 0.1) is 31.3 Å². The van der Waals surface area contributed by atoms with Gasteiger partial charge < -0.3 is 19.4 Å². The number of hydrogen-bond acceptors (Lipinski definition) is 5. The van der Waals surface area contributed by atoms with Crippen LogP contribution in [0.5, 0.6) is 11.5 Å². The second kappa shape index (κ2) is 11.9. The number of carbonyl (C=O) groups is 1. The number of nitrogens with zero attached hydrogens (tertiary/aromatic N) is 3. The van der Waals surface area contributed by atoms with Crippen molar-refractivity contribution in [2.45, 2.75) is 64.5 Å². The van der Waals surface area contributed by atoms with Crippen molar-refractivity contribution in [1.82, 2.24) is 19.9 Å². The van der Waals surface area contributed by atoms with Crippen LogP contribution in [0.3, 0.4) is 0 Å². The molecule has 0 bridgehead atoms. The Hall–Kier alpha value is -3.87. The van der Waals surface area contributed by atoms with Gasteiger partial charge in [0.25, 0.3) is 5.91 Å². The number of fused-ring (bicyclic) bond motifs is 1. The van der Waals surface area contributed by atoms with Gasteiger partial charge in [0.15, 0.2) is 17.3 Å². The lowest BCUT2D eigenvalue weighted by Crippen LogP contribution is -2.29. The van der Waals surface area contributed by atoms with Crippen LogP contribution in [0.25, 0.3) is 22.6 Å². The van der Waals surface area contributed by atoms with Crippen molar-refractivity contribution in [3.05, 3.63) is 71.9 Å². The van der Waals surface area contributed by atoms with E-state index in [2.05, 4.69) is 28.7 Å². The van der Waals surface area contributed by atoms with Gasteiger partial charge in [0, 0.05) is 17.8 Å². The highest BCUT2D eigenvalue weighted by molar-refractivity contribution is 5.98. The summed E-state index contributed by atoms with van der Waals surface area (Å²) in [5.41, 5.74) is 4.31. The van der Waals surface area contributed by atoms with Crippen LogP contribution in [0, 0.1) is 5.92 Å². The molecule has 1 aliphatic carbocycles. The summed E-state index contributed by atoms with van der Waals surface area (Å²) in [5, 5.41) is 3.27. The SMILES string of the molecule is COc1ccc(C(CC(C)C)NC(=O)c2ccc3c(c2)nc(-c2ccccn2)n3C2CCCCC2)cc1OC. The molecule has 0 spiro atoms. The van der Waals surface area contributed by atoms with E-state index in [1.165, 1.54) is 19.3 Å². The molecule has 2 aromatic heterocycles. The van der Waals surface area contributed by atoms with E-state index in [1.54, 1.807) is 14.2 Å². The lowest BCUT2D eigenvalue weighted by Gasteiger charge is -2.25. The fourth-order valence-electron chi connectivity index (χ4n) is 5.69. The van der Waals surface area contributed by atoms with E-state index in [0.29, 0.717) is 29.0 Å². The largest absolute Gasteiger partial charge is 0.493 e. The maximum absolute atomic E-state index is 13.6. The van der Waals surface area contributed by atoms with Crippen LogP contribution in [0.4, 0.5) is 0 Å². The summed E-state index contributed by atoms with van der Waals surface area (Å²) in [6.45, 7) is 4.31. The van der Waals surface area contributed by atoms with Crippen molar-refractivity contribution in [3.63, 3.8) is 0 Å². The normalized spacial score (nSPS) is 14.9. The van der Waals surface area contributed by atoms with Gasteiger partial charge in [-0.2, -0.15) is 0 Å². The first kappa shape index (κ1) is 26.7. The number of methoxy groups -OCH3 is 2. The number of nitrogens with one attached hydrogen (secondary N) is 1. The second-order valence-corrected chi connectivity index (χ2v) is 10.8. The van der Waals surface area contributed by atoms with E-state index in [4.69, 9.17) is 14.5 Å². The zero-order chi connectivity index (χ0) is 27.4. The first-order valence-electron chi connectivity index (χ1n) is 13.9. The Morgan fingerprint density at radius 1 is 1.00 bits per heavy atom. The summed E-state index contributed by atoms with van der Waals surface area (Å²) in [6, 6.07) is 17.8.